The minimum atomic E-state index is -1.61. The average Bonchev–Trinajstić information content (AvgIpc) is 2.11. The quantitative estimate of drug-likeness (QED) is 0.470. The smallest absolute Gasteiger partial charge is 0.318 e. The average molecular weight is 260 g/mol. The lowest BCUT2D eigenvalue weighted by atomic mass is 9.64. The van der Waals surface area contributed by atoms with Crippen LogP contribution in [0.2, 0.25) is 0 Å². The predicted molar refractivity (Wildman–Crippen MR) is 53.7 cm³/mol. The normalized spacial score (nSPS) is 22.6. The van der Waals surface area contributed by atoms with Gasteiger partial charge in [0, 0.05) is 0 Å². The van der Waals surface area contributed by atoms with Gasteiger partial charge in [-0.25, -0.2) is 0 Å². The van der Waals surface area contributed by atoms with Gasteiger partial charge in [-0.1, -0.05) is 0 Å². The minimum absolute atomic E-state index is 0.0213. The molecule has 18 heavy (non-hydrogen) atoms. The van der Waals surface area contributed by atoms with Crippen molar-refractivity contribution < 1.29 is 39.6 Å². The highest BCUT2D eigenvalue weighted by atomic mass is 16.4. The van der Waals surface area contributed by atoms with Gasteiger partial charge in [0.1, 0.15) is 0 Å². The van der Waals surface area contributed by atoms with Crippen molar-refractivity contribution in [2.75, 3.05) is 0 Å². The molecule has 0 aliphatic heterocycles. The lowest BCUT2D eigenvalue weighted by molar-refractivity contribution is -0.164. The van der Waals surface area contributed by atoms with Crippen LogP contribution in [0.4, 0.5) is 0 Å². The Morgan fingerprint density at radius 2 is 0.889 bits per heavy atom. The number of aliphatic carboxylic acids is 4. The summed E-state index contributed by atoms with van der Waals surface area (Å²) in [5, 5.41) is 34.8. The number of hydrogen-bond acceptors (Lipinski definition) is 4. The van der Waals surface area contributed by atoms with Crippen LogP contribution in [0.15, 0.2) is 0 Å². The fraction of sp³-hybridized carbons (Fsp3) is 0.600. The van der Waals surface area contributed by atoms with Crippen LogP contribution in [-0.4, -0.2) is 44.3 Å². The van der Waals surface area contributed by atoms with E-state index >= 15 is 0 Å². The van der Waals surface area contributed by atoms with Crippen molar-refractivity contribution in [2.24, 2.45) is 23.7 Å². The van der Waals surface area contributed by atoms with E-state index in [0.717, 1.165) is 0 Å². The zero-order valence-electron chi connectivity index (χ0n) is 9.15. The molecule has 1 rings (SSSR count). The maximum Gasteiger partial charge on any atom is 0.318 e. The SMILES string of the molecule is O=C(O)C(C(=O)O)C1CC(C(C(=O)O)C(=O)O)C1. The molecule has 0 bridgehead atoms. The molecule has 1 saturated carbocycles. The molecule has 8 nitrogen and oxygen atoms in total. The van der Waals surface area contributed by atoms with Crippen LogP contribution in [0.25, 0.3) is 0 Å². The van der Waals surface area contributed by atoms with Gasteiger partial charge >= 0.3 is 23.9 Å². The van der Waals surface area contributed by atoms with E-state index < -0.39 is 47.5 Å². The molecule has 1 fully saturated rings. The Morgan fingerprint density at radius 3 is 1.06 bits per heavy atom. The molecule has 100 valence electrons. The molecule has 8 heteroatoms. The summed E-state index contributed by atoms with van der Waals surface area (Å²) in [6.07, 6.45) is -0.0426. The summed E-state index contributed by atoms with van der Waals surface area (Å²) in [4.78, 5) is 42.8. The van der Waals surface area contributed by atoms with Gasteiger partial charge in [0.25, 0.3) is 0 Å². The van der Waals surface area contributed by atoms with Crippen LogP contribution < -0.4 is 0 Å². The number of carbonyl (C=O) groups is 4. The number of carboxylic acid groups (broad SMARTS) is 4. The summed E-state index contributed by atoms with van der Waals surface area (Å²) < 4.78 is 0. The monoisotopic (exact) mass is 260 g/mol. The molecule has 0 radical (unpaired) electrons. The van der Waals surface area contributed by atoms with Gasteiger partial charge in [-0.15, -0.1) is 0 Å². The Bertz CT molecular complexity index is 331. The summed E-state index contributed by atoms with van der Waals surface area (Å²) in [6.45, 7) is 0. The molecule has 0 spiro atoms. The molecule has 0 aromatic heterocycles. The fourth-order valence-electron chi connectivity index (χ4n) is 2.27. The third kappa shape index (κ3) is 2.58. The lowest BCUT2D eigenvalue weighted by Crippen LogP contribution is -2.45. The number of hydrogen-bond donors (Lipinski definition) is 4. The van der Waals surface area contributed by atoms with Crippen molar-refractivity contribution in [3.8, 4) is 0 Å². The number of carboxylic acids is 4. The second kappa shape index (κ2) is 5.03. The van der Waals surface area contributed by atoms with Crippen LogP contribution in [0.1, 0.15) is 12.8 Å². The molecule has 0 unspecified atom stereocenters. The van der Waals surface area contributed by atoms with Crippen molar-refractivity contribution >= 4 is 23.9 Å². The summed E-state index contributed by atoms with van der Waals surface area (Å²) in [5.41, 5.74) is 0. The molecule has 0 heterocycles. The number of rotatable bonds is 6. The molecule has 0 aromatic rings. The Balaban J connectivity index is 2.67. The molecular weight excluding hydrogens is 248 g/mol. The summed E-state index contributed by atoms with van der Waals surface area (Å²) >= 11 is 0. The standard InChI is InChI=1S/C10H12O8/c11-7(12)5(8(13)14)3-1-4(2-3)6(9(15)16)10(17)18/h3-6H,1-2H2,(H,11,12)(H,13,14)(H,15,16)(H,17,18). The molecule has 4 N–H and O–H groups in total. The van der Waals surface area contributed by atoms with E-state index in [1.54, 1.807) is 0 Å². The van der Waals surface area contributed by atoms with Gasteiger partial charge in [0.05, 0.1) is 0 Å². The van der Waals surface area contributed by atoms with Gasteiger partial charge in [-0.3, -0.25) is 19.2 Å². The third-order valence-corrected chi connectivity index (χ3v) is 3.22. The summed E-state index contributed by atoms with van der Waals surface area (Å²) in [5.74, 6) is -10.6. The first-order chi connectivity index (χ1) is 8.25. The molecule has 1 aliphatic rings. The highest BCUT2D eigenvalue weighted by Gasteiger charge is 2.49. The minimum Gasteiger partial charge on any atom is -0.481 e. The van der Waals surface area contributed by atoms with E-state index in [-0.39, 0.29) is 12.8 Å². The maximum atomic E-state index is 10.7. The molecule has 0 saturated heterocycles. The van der Waals surface area contributed by atoms with Crippen LogP contribution >= 0.6 is 0 Å². The largest absolute Gasteiger partial charge is 0.481 e. The summed E-state index contributed by atoms with van der Waals surface area (Å²) in [7, 11) is 0. The van der Waals surface area contributed by atoms with Crippen LogP contribution in [0.3, 0.4) is 0 Å². The molecule has 0 amide bonds. The van der Waals surface area contributed by atoms with E-state index in [9.17, 15) is 19.2 Å². The Morgan fingerprint density at radius 1 is 0.667 bits per heavy atom. The van der Waals surface area contributed by atoms with E-state index in [4.69, 9.17) is 20.4 Å². The fourth-order valence-corrected chi connectivity index (χ4v) is 2.27. The van der Waals surface area contributed by atoms with Crippen molar-refractivity contribution in [1.29, 1.82) is 0 Å². The molecule has 0 aromatic carbocycles. The topological polar surface area (TPSA) is 149 Å². The maximum absolute atomic E-state index is 10.7. The van der Waals surface area contributed by atoms with E-state index in [2.05, 4.69) is 0 Å². The first-order valence-electron chi connectivity index (χ1n) is 5.17. The Hall–Kier alpha value is -2.12. The van der Waals surface area contributed by atoms with Gasteiger partial charge in [-0.2, -0.15) is 0 Å². The van der Waals surface area contributed by atoms with Crippen LogP contribution in [0.5, 0.6) is 0 Å². The van der Waals surface area contributed by atoms with E-state index in [1.807, 2.05) is 0 Å². The Kier molecular flexibility index (Phi) is 3.89. The molecular formula is C10H12O8. The molecule has 1 aliphatic carbocycles. The zero-order chi connectivity index (χ0) is 14.0. The van der Waals surface area contributed by atoms with Gasteiger partial charge in [0.15, 0.2) is 11.8 Å². The van der Waals surface area contributed by atoms with Crippen molar-refractivity contribution in [2.45, 2.75) is 12.8 Å². The third-order valence-electron chi connectivity index (χ3n) is 3.22. The van der Waals surface area contributed by atoms with Crippen LogP contribution in [-0.2, 0) is 19.2 Å². The summed E-state index contributed by atoms with van der Waals surface area (Å²) in [6, 6.07) is 0. The van der Waals surface area contributed by atoms with Crippen LogP contribution in [0, 0.1) is 23.7 Å². The lowest BCUT2D eigenvalue weighted by Gasteiger charge is -2.38. The van der Waals surface area contributed by atoms with Crippen molar-refractivity contribution in [3.63, 3.8) is 0 Å². The predicted octanol–water partition coefficient (Wildman–Crippen LogP) is -0.417. The first-order valence-corrected chi connectivity index (χ1v) is 5.17. The highest BCUT2D eigenvalue weighted by Crippen LogP contribution is 2.43. The van der Waals surface area contributed by atoms with Gasteiger partial charge in [0.2, 0.25) is 0 Å². The van der Waals surface area contributed by atoms with Crippen molar-refractivity contribution in [1.82, 2.24) is 0 Å². The first kappa shape index (κ1) is 13.9. The second-order valence-electron chi connectivity index (χ2n) is 4.30. The van der Waals surface area contributed by atoms with E-state index in [0.29, 0.717) is 0 Å². The highest BCUT2D eigenvalue weighted by molar-refractivity contribution is 5.94. The second-order valence-corrected chi connectivity index (χ2v) is 4.30. The van der Waals surface area contributed by atoms with Gasteiger partial charge < -0.3 is 20.4 Å². The van der Waals surface area contributed by atoms with Gasteiger partial charge in [-0.05, 0) is 24.7 Å². The zero-order valence-corrected chi connectivity index (χ0v) is 9.15. The molecule has 0 atom stereocenters. The van der Waals surface area contributed by atoms with Crippen molar-refractivity contribution in [3.05, 3.63) is 0 Å². The Labute approximate surface area is 101 Å². The van der Waals surface area contributed by atoms with E-state index in [1.165, 1.54) is 0 Å².